The summed E-state index contributed by atoms with van der Waals surface area (Å²) in [6.07, 6.45) is 11.0. The summed E-state index contributed by atoms with van der Waals surface area (Å²) in [5.41, 5.74) is 1.15. The Labute approximate surface area is 113 Å². The van der Waals surface area contributed by atoms with Gasteiger partial charge in [0.1, 0.15) is 0 Å². The van der Waals surface area contributed by atoms with E-state index in [-0.39, 0.29) is 0 Å². The van der Waals surface area contributed by atoms with Crippen molar-refractivity contribution in [2.45, 2.75) is 43.5 Å². The average Bonchev–Trinajstić information content (AvgIpc) is 2.38. The first-order valence-electron chi connectivity index (χ1n) is 6.14. The molecule has 1 N–H and O–H groups in total. The second-order valence-electron chi connectivity index (χ2n) is 4.57. The van der Waals surface area contributed by atoms with Crippen LogP contribution in [0.3, 0.4) is 0 Å². The van der Waals surface area contributed by atoms with Gasteiger partial charge < -0.3 is 5.32 Å². The molecule has 1 fully saturated rings. The van der Waals surface area contributed by atoms with Crippen molar-refractivity contribution in [2.24, 2.45) is 0 Å². The molecule has 0 spiro atoms. The highest BCUT2D eigenvalue weighted by molar-refractivity contribution is 7.99. The van der Waals surface area contributed by atoms with Crippen molar-refractivity contribution in [1.82, 2.24) is 10.3 Å². The van der Waals surface area contributed by atoms with Crippen LogP contribution in [-0.2, 0) is 6.54 Å². The van der Waals surface area contributed by atoms with Crippen LogP contribution in [0.15, 0.2) is 18.5 Å². The number of thioether (sulfide) groups is 1. The van der Waals surface area contributed by atoms with E-state index >= 15 is 0 Å². The summed E-state index contributed by atoms with van der Waals surface area (Å²) in [7, 11) is 0. The van der Waals surface area contributed by atoms with E-state index in [4.69, 9.17) is 11.6 Å². The molecule has 17 heavy (non-hydrogen) atoms. The fourth-order valence-electron chi connectivity index (χ4n) is 2.35. The van der Waals surface area contributed by atoms with Crippen LogP contribution >= 0.6 is 23.4 Å². The van der Waals surface area contributed by atoms with E-state index in [1.54, 1.807) is 12.4 Å². The lowest BCUT2D eigenvalue weighted by molar-refractivity contribution is 0.380. The Morgan fingerprint density at radius 2 is 2.41 bits per heavy atom. The standard InChI is InChI=1S/C13H19ClN2S/c1-17-12-4-2-3-11(7-12)16-8-10-5-6-15-9-13(10)14/h5-6,9,11-12,16H,2-4,7-8H2,1H3. The van der Waals surface area contributed by atoms with Crippen molar-refractivity contribution in [3.05, 3.63) is 29.0 Å². The number of nitrogens with zero attached hydrogens (tertiary/aromatic N) is 1. The first-order valence-corrected chi connectivity index (χ1v) is 7.80. The maximum absolute atomic E-state index is 6.09. The number of rotatable bonds is 4. The van der Waals surface area contributed by atoms with Gasteiger partial charge in [-0.15, -0.1) is 0 Å². The molecule has 1 saturated carbocycles. The maximum atomic E-state index is 6.09. The molecule has 1 aromatic rings. The third kappa shape index (κ3) is 3.87. The molecule has 2 atom stereocenters. The summed E-state index contributed by atoms with van der Waals surface area (Å²) in [5, 5.41) is 5.21. The van der Waals surface area contributed by atoms with Crippen molar-refractivity contribution in [3.63, 3.8) is 0 Å². The first kappa shape index (κ1) is 13.2. The van der Waals surface area contributed by atoms with Crippen LogP contribution in [0.5, 0.6) is 0 Å². The van der Waals surface area contributed by atoms with Crippen molar-refractivity contribution in [3.8, 4) is 0 Å². The lowest BCUT2D eigenvalue weighted by Gasteiger charge is -2.28. The molecule has 1 aliphatic carbocycles. The molecule has 94 valence electrons. The smallest absolute Gasteiger partial charge is 0.0634 e. The van der Waals surface area contributed by atoms with Crippen molar-refractivity contribution < 1.29 is 0 Å². The van der Waals surface area contributed by atoms with Gasteiger partial charge in [-0.2, -0.15) is 11.8 Å². The highest BCUT2D eigenvalue weighted by Crippen LogP contribution is 2.27. The number of aromatic nitrogens is 1. The van der Waals surface area contributed by atoms with E-state index < -0.39 is 0 Å². The minimum Gasteiger partial charge on any atom is -0.310 e. The molecule has 0 aromatic carbocycles. The third-order valence-corrected chi connectivity index (χ3v) is 4.83. The average molecular weight is 271 g/mol. The molecule has 2 rings (SSSR count). The van der Waals surface area contributed by atoms with Gasteiger partial charge >= 0.3 is 0 Å². The number of pyridine rings is 1. The largest absolute Gasteiger partial charge is 0.310 e. The van der Waals surface area contributed by atoms with Crippen LogP contribution in [0.4, 0.5) is 0 Å². The predicted molar refractivity (Wildman–Crippen MR) is 75.6 cm³/mol. The minimum absolute atomic E-state index is 0.644. The summed E-state index contributed by atoms with van der Waals surface area (Å²) in [6, 6.07) is 2.63. The molecule has 0 saturated heterocycles. The van der Waals surface area contributed by atoms with Gasteiger partial charge in [0, 0.05) is 30.2 Å². The van der Waals surface area contributed by atoms with Crippen LogP contribution in [0.2, 0.25) is 5.02 Å². The van der Waals surface area contributed by atoms with Gasteiger partial charge in [-0.05, 0) is 37.1 Å². The minimum atomic E-state index is 0.644. The molecule has 0 bridgehead atoms. The molecule has 2 unspecified atom stereocenters. The molecule has 0 amide bonds. The van der Waals surface area contributed by atoms with Gasteiger partial charge in [-0.1, -0.05) is 18.0 Å². The van der Waals surface area contributed by atoms with Crippen molar-refractivity contribution in [1.29, 1.82) is 0 Å². The lowest BCUT2D eigenvalue weighted by atomic mass is 9.95. The van der Waals surface area contributed by atoms with E-state index in [1.165, 1.54) is 25.7 Å². The second-order valence-corrected chi connectivity index (χ2v) is 6.11. The Hall–Kier alpha value is -0.250. The topological polar surface area (TPSA) is 24.9 Å². The molecular weight excluding hydrogens is 252 g/mol. The Balaban J connectivity index is 1.84. The maximum Gasteiger partial charge on any atom is 0.0634 e. The molecule has 1 aromatic heterocycles. The van der Waals surface area contributed by atoms with Gasteiger partial charge in [-0.3, -0.25) is 4.98 Å². The van der Waals surface area contributed by atoms with Crippen LogP contribution < -0.4 is 5.32 Å². The number of halogens is 1. The number of hydrogen-bond acceptors (Lipinski definition) is 3. The Morgan fingerprint density at radius 3 is 3.18 bits per heavy atom. The Kier molecular flexibility index (Phi) is 5.14. The molecule has 1 heterocycles. The summed E-state index contributed by atoms with van der Waals surface area (Å²) < 4.78 is 0. The number of nitrogens with one attached hydrogen (secondary N) is 1. The summed E-state index contributed by atoms with van der Waals surface area (Å²) >= 11 is 8.09. The summed E-state index contributed by atoms with van der Waals surface area (Å²) in [4.78, 5) is 4.00. The van der Waals surface area contributed by atoms with E-state index in [9.17, 15) is 0 Å². The summed E-state index contributed by atoms with van der Waals surface area (Å²) in [5.74, 6) is 0. The normalized spacial score (nSPS) is 24.8. The van der Waals surface area contributed by atoms with Crippen molar-refractivity contribution >= 4 is 23.4 Å². The van der Waals surface area contributed by atoms with Gasteiger partial charge in [0.2, 0.25) is 0 Å². The fraction of sp³-hybridized carbons (Fsp3) is 0.615. The van der Waals surface area contributed by atoms with E-state index in [2.05, 4.69) is 16.6 Å². The number of hydrogen-bond donors (Lipinski definition) is 1. The lowest BCUT2D eigenvalue weighted by Crippen LogP contribution is -2.34. The van der Waals surface area contributed by atoms with E-state index in [0.717, 1.165) is 22.4 Å². The zero-order chi connectivity index (χ0) is 12.1. The van der Waals surface area contributed by atoms with Crippen LogP contribution in [0, 0.1) is 0 Å². The molecule has 0 radical (unpaired) electrons. The van der Waals surface area contributed by atoms with E-state index in [0.29, 0.717) is 6.04 Å². The van der Waals surface area contributed by atoms with Gasteiger partial charge in [-0.25, -0.2) is 0 Å². The quantitative estimate of drug-likeness (QED) is 0.907. The highest BCUT2D eigenvalue weighted by atomic mass is 35.5. The molecule has 4 heteroatoms. The van der Waals surface area contributed by atoms with Gasteiger partial charge in [0.15, 0.2) is 0 Å². The predicted octanol–water partition coefficient (Wildman–Crippen LogP) is 3.50. The van der Waals surface area contributed by atoms with Gasteiger partial charge in [0.25, 0.3) is 0 Å². The monoisotopic (exact) mass is 270 g/mol. The SMILES string of the molecule is CSC1CCCC(NCc2ccncc2Cl)C1. The second kappa shape index (κ2) is 6.62. The van der Waals surface area contributed by atoms with E-state index in [1.807, 2.05) is 17.8 Å². The fourth-order valence-corrected chi connectivity index (χ4v) is 3.36. The zero-order valence-corrected chi connectivity index (χ0v) is 11.7. The Bertz CT molecular complexity index is 359. The molecule has 2 nitrogen and oxygen atoms in total. The zero-order valence-electron chi connectivity index (χ0n) is 10.2. The van der Waals surface area contributed by atoms with Gasteiger partial charge in [0.05, 0.1) is 5.02 Å². The molecule has 0 aliphatic heterocycles. The third-order valence-electron chi connectivity index (χ3n) is 3.40. The first-order chi connectivity index (χ1) is 8.29. The van der Waals surface area contributed by atoms with Crippen LogP contribution in [-0.4, -0.2) is 22.5 Å². The molecular formula is C13H19ClN2S. The van der Waals surface area contributed by atoms with Crippen LogP contribution in [0.1, 0.15) is 31.2 Å². The summed E-state index contributed by atoms with van der Waals surface area (Å²) in [6.45, 7) is 0.854. The van der Waals surface area contributed by atoms with Crippen LogP contribution in [0.25, 0.3) is 0 Å². The molecule has 1 aliphatic rings. The Morgan fingerprint density at radius 1 is 1.53 bits per heavy atom. The highest BCUT2D eigenvalue weighted by Gasteiger charge is 2.20. The van der Waals surface area contributed by atoms with Crippen molar-refractivity contribution in [2.75, 3.05) is 6.26 Å².